The Bertz CT molecular complexity index is 621. The van der Waals surface area contributed by atoms with Crippen molar-refractivity contribution < 1.29 is 22.9 Å². The molecule has 110 valence electrons. The average molecular weight is 300 g/mol. The van der Waals surface area contributed by atoms with Gasteiger partial charge in [0.1, 0.15) is 5.58 Å². The first-order valence-electron chi connectivity index (χ1n) is 6.08. The van der Waals surface area contributed by atoms with E-state index in [0.29, 0.717) is 11.0 Å². The van der Waals surface area contributed by atoms with E-state index in [1.165, 1.54) is 12.3 Å². The number of hydrogen-bond acceptors (Lipinski definition) is 5. The molecule has 0 saturated carbocycles. The van der Waals surface area contributed by atoms with Crippen molar-refractivity contribution >= 4 is 18.8 Å². The fourth-order valence-electron chi connectivity index (χ4n) is 1.40. The molecule has 1 heterocycles. The zero-order valence-corrected chi connectivity index (χ0v) is 12.2. The van der Waals surface area contributed by atoms with Gasteiger partial charge in [-0.3, -0.25) is 13.8 Å². The van der Waals surface area contributed by atoms with Crippen LogP contribution in [0, 0.1) is 0 Å². The van der Waals surface area contributed by atoms with E-state index in [4.69, 9.17) is 9.31 Å². The molecule has 0 atom stereocenters. The Labute approximate surface area is 116 Å². The van der Waals surface area contributed by atoms with Crippen molar-refractivity contribution in [3.8, 4) is 0 Å². The SMILES string of the molecule is CCOP(=O)(O)OCC.O=c1ccoc2ccccc12. The molecule has 0 fully saturated rings. The minimum absolute atomic E-state index is 0.00634. The van der Waals surface area contributed by atoms with Crippen molar-refractivity contribution in [2.45, 2.75) is 13.8 Å². The molecule has 0 saturated heterocycles. The number of benzene rings is 1. The van der Waals surface area contributed by atoms with E-state index in [2.05, 4.69) is 9.05 Å². The summed E-state index contributed by atoms with van der Waals surface area (Å²) in [7, 11) is -3.69. The Morgan fingerprint density at radius 2 is 1.75 bits per heavy atom. The van der Waals surface area contributed by atoms with Gasteiger partial charge in [-0.25, -0.2) is 4.57 Å². The van der Waals surface area contributed by atoms with Gasteiger partial charge in [-0.1, -0.05) is 12.1 Å². The number of fused-ring (bicyclic) bond motifs is 1. The number of rotatable bonds is 4. The average Bonchev–Trinajstić information content (AvgIpc) is 2.40. The monoisotopic (exact) mass is 300 g/mol. The van der Waals surface area contributed by atoms with Gasteiger partial charge >= 0.3 is 7.82 Å². The van der Waals surface area contributed by atoms with Crippen LogP contribution >= 0.6 is 7.82 Å². The maximum Gasteiger partial charge on any atom is 0.472 e. The molecule has 0 radical (unpaired) electrons. The molecule has 0 aliphatic carbocycles. The second kappa shape index (κ2) is 7.97. The van der Waals surface area contributed by atoms with Crippen molar-refractivity contribution in [2.24, 2.45) is 0 Å². The summed E-state index contributed by atoms with van der Waals surface area (Å²) in [6, 6.07) is 8.60. The summed E-state index contributed by atoms with van der Waals surface area (Å²) in [6.45, 7) is 3.63. The lowest BCUT2D eigenvalue weighted by Crippen LogP contribution is -1.96. The van der Waals surface area contributed by atoms with Crippen LogP contribution in [0.5, 0.6) is 0 Å². The van der Waals surface area contributed by atoms with Gasteiger partial charge in [0, 0.05) is 6.07 Å². The van der Waals surface area contributed by atoms with Crippen molar-refractivity contribution in [1.29, 1.82) is 0 Å². The molecule has 0 aliphatic rings. The Morgan fingerprint density at radius 3 is 2.30 bits per heavy atom. The van der Waals surface area contributed by atoms with Crippen LogP contribution in [0.2, 0.25) is 0 Å². The van der Waals surface area contributed by atoms with Crippen LogP contribution in [0.25, 0.3) is 11.0 Å². The Kier molecular flexibility index (Phi) is 6.61. The smallest absolute Gasteiger partial charge is 0.464 e. The van der Waals surface area contributed by atoms with Crippen molar-refractivity contribution in [3.63, 3.8) is 0 Å². The zero-order valence-electron chi connectivity index (χ0n) is 11.3. The topological polar surface area (TPSA) is 86.0 Å². The third-order valence-corrected chi connectivity index (χ3v) is 3.32. The lowest BCUT2D eigenvalue weighted by Gasteiger charge is -2.07. The fourth-order valence-corrected chi connectivity index (χ4v) is 2.12. The highest BCUT2D eigenvalue weighted by atomic mass is 31.2. The van der Waals surface area contributed by atoms with Crippen LogP contribution in [-0.2, 0) is 13.6 Å². The van der Waals surface area contributed by atoms with E-state index in [1.54, 1.807) is 26.0 Å². The summed E-state index contributed by atoms with van der Waals surface area (Å²) < 4.78 is 24.3. The normalized spacial score (nSPS) is 10.9. The standard InChI is InChI=1S/C9H6O2.C4H11O4P/c10-8-5-6-11-9-4-2-1-3-7(8)9;1-3-7-9(5,6)8-4-2/h1-6H;3-4H2,1-2H3,(H,5,6). The molecular weight excluding hydrogens is 283 g/mol. The van der Waals surface area contributed by atoms with Crippen LogP contribution in [0.15, 0.2) is 45.8 Å². The zero-order chi connectivity index (χ0) is 15.0. The van der Waals surface area contributed by atoms with Crippen molar-refractivity contribution in [1.82, 2.24) is 0 Å². The van der Waals surface area contributed by atoms with E-state index in [-0.39, 0.29) is 18.6 Å². The van der Waals surface area contributed by atoms with Crippen LogP contribution in [0.4, 0.5) is 0 Å². The lowest BCUT2D eigenvalue weighted by molar-refractivity contribution is 0.161. The minimum atomic E-state index is -3.69. The van der Waals surface area contributed by atoms with Crippen LogP contribution < -0.4 is 5.43 Å². The van der Waals surface area contributed by atoms with E-state index >= 15 is 0 Å². The Morgan fingerprint density at radius 1 is 1.15 bits per heavy atom. The predicted molar refractivity (Wildman–Crippen MR) is 75.6 cm³/mol. The summed E-state index contributed by atoms with van der Waals surface area (Å²) >= 11 is 0. The molecule has 20 heavy (non-hydrogen) atoms. The molecule has 0 spiro atoms. The first kappa shape index (κ1) is 16.6. The first-order chi connectivity index (χ1) is 9.50. The summed E-state index contributed by atoms with van der Waals surface area (Å²) in [5, 5.41) is 0.634. The molecule has 0 aliphatic heterocycles. The van der Waals surface area contributed by atoms with Gasteiger partial charge < -0.3 is 9.31 Å². The molecular formula is C13H17O6P. The number of phosphoric acid groups is 1. The van der Waals surface area contributed by atoms with Gasteiger partial charge in [0.05, 0.1) is 24.9 Å². The van der Waals surface area contributed by atoms with Crippen LogP contribution in [-0.4, -0.2) is 18.1 Å². The van der Waals surface area contributed by atoms with Gasteiger partial charge in [-0.2, -0.15) is 0 Å². The second-order valence-electron chi connectivity index (χ2n) is 3.59. The fraction of sp³-hybridized carbons (Fsp3) is 0.308. The summed E-state index contributed by atoms with van der Waals surface area (Å²) in [4.78, 5) is 19.7. The molecule has 1 aromatic carbocycles. The summed E-state index contributed by atoms with van der Waals surface area (Å²) in [5.41, 5.74) is 0.645. The number of hydrogen-bond donors (Lipinski definition) is 1. The highest BCUT2D eigenvalue weighted by Gasteiger charge is 2.17. The van der Waals surface area contributed by atoms with Gasteiger partial charge in [-0.15, -0.1) is 0 Å². The molecule has 1 N–H and O–H groups in total. The van der Waals surface area contributed by atoms with E-state index in [9.17, 15) is 9.36 Å². The molecule has 7 heteroatoms. The van der Waals surface area contributed by atoms with Gasteiger partial charge in [0.2, 0.25) is 0 Å². The Hall–Kier alpha value is -1.46. The molecule has 2 rings (SSSR count). The van der Waals surface area contributed by atoms with Gasteiger partial charge in [-0.05, 0) is 26.0 Å². The predicted octanol–water partition coefficient (Wildman–Crippen LogP) is 2.95. The minimum Gasteiger partial charge on any atom is -0.464 e. The third-order valence-electron chi connectivity index (χ3n) is 2.15. The maximum atomic E-state index is 11.1. The molecule has 2 aromatic rings. The number of para-hydroxylation sites is 1. The van der Waals surface area contributed by atoms with E-state index in [1.807, 2.05) is 12.1 Å². The number of phosphoric ester groups is 1. The van der Waals surface area contributed by atoms with Crippen molar-refractivity contribution in [3.05, 3.63) is 46.8 Å². The molecule has 0 unspecified atom stereocenters. The summed E-state index contributed by atoms with van der Waals surface area (Å²) in [6.07, 6.45) is 1.41. The molecule has 0 bridgehead atoms. The van der Waals surface area contributed by atoms with Gasteiger partial charge in [0.15, 0.2) is 5.43 Å². The highest BCUT2D eigenvalue weighted by molar-refractivity contribution is 7.47. The van der Waals surface area contributed by atoms with E-state index < -0.39 is 7.82 Å². The lowest BCUT2D eigenvalue weighted by atomic mass is 10.2. The van der Waals surface area contributed by atoms with Crippen LogP contribution in [0.3, 0.4) is 0 Å². The summed E-state index contributed by atoms with van der Waals surface area (Å²) in [5.74, 6) is 0. The van der Waals surface area contributed by atoms with Gasteiger partial charge in [0.25, 0.3) is 0 Å². The third kappa shape index (κ3) is 5.27. The highest BCUT2D eigenvalue weighted by Crippen LogP contribution is 2.42. The second-order valence-corrected chi connectivity index (χ2v) is 5.04. The molecule has 6 nitrogen and oxygen atoms in total. The Balaban J connectivity index is 0.000000206. The van der Waals surface area contributed by atoms with Crippen molar-refractivity contribution in [2.75, 3.05) is 13.2 Å². The first-order valence-corrected chi connectivity index (χ1v) is 7.58. The van der Waals surface area contributed by atoms with E-state index in [0.717, 1.165) is 0 Å². The molecule has 1 aromatic heterocycles. The quantitative estimate of drug-likeness (QED) is 0.874. The largest absolute Gasteiger partial charge is 0.472 e. The van der Waals surface area contributed by atoms with Crippen LogP contribution in [0.1, 0.15) is 13.8 Å². The molecule has 0 amide bonds. The maximum absolute atomic E-state index is 11.1.